The Bertz CT molecular complexity index is 465. The first-order chi connectivity index (χ1) is 8.83. The number of benzene rings is 1. The number of nitrogens with zero attached hydrogens (tertiary/aromatic N) is 1. The zero-order chi connectivity index (χ0) is 12.1. The Morgan fingerprint density at radius 3 is 1.89 bits per heavy atom. The Labute approximate surface area is 109 Å². The molecule has 0 spiro atoms. The Hall–Kier alpha value is -1.29. The average molecular weight is 237 g/mol. The summed E-state index contributed by atoms with van der Waals surface area (Å²) in [6.45, 7) is 0. The van der Waals surface area contributed by atoms with E-state index in [0.717, 1.165) is 35.2 Å². The summed E-state index contributed by atoms with van der Waals surface area (Å²) in [6.07, 6.45) is 7.40. The van der Waals surface area contributed by atoms with Gasteiger partial charge in [0.2, 0.25) is 0 Å². The molecule has 4 fully saturated rings. The Kier molecular flexibility index (Phi) is 2.27. The third-order valence-corrected chi connectivity index (χ3v) is 5.65. The van der Waals surface area contributed by atoms with Gasteiger partial charge in [-0.1, -0.05) is 12.1 Å². The molecule has 0 aromatic heterocycles. The second-order valence-electron chi connectivity index (χ2n) is 6.69. The van der Waals surface area contributed by atoms with Gasteiger partial charge in [0.15, 0.2) is 0 Å². The summed E-state index contributed by atoms with van der Waals surface area (Å²) in [5, 5.41) is 8.89. The topological polar surface area (TPSA) is 23.8 Å². The molecule has 0 unspecified atom stereocenters. The minimum absolute atomic E-state index is 0.794. The third-order valence-electron chi connectivity index (χ3n) is 5.65. The van der Waals surface area contributed by atoms with Crippen LogP contribution in [-0.4, -0.2) is 0 Å². The number of nitriles is 1. The summed E-state index contributed by atoms with van der Waals surface area (Å²) in [5.41, 5.74) is 2.30. The molecule has 0 heterocycles. The standard InChI is InChI=1S/C17H19N/c18-10-11-1-3-14(4-2-11)17-15-6-12-5-13(8-15)9-16(17)7-12/h1-4,12-13,15-17H,5-9H2. The fourth-order valence-corrected chi connectivity index (χ4v) is 5.25. The van der Waals surface area contributed by atoms with E-state index in [1.54, 1.807) is 0 Å². The Balaban J connectivity index is 1.66. The highest BCUT2D eigenvalue weighted by Crippen LogP contribution is 2.59. The quantitative estimate of drug-likeness (QED) is 0.721. The predicted octanol–water partition coefficient (Wildman–Crippen LogP) is 4.10. The van der Waals surface area contributed by atoms with Crippen LogP contribution in [0.15, 0.2) is 24.3 Å². The molecule has 4 aliphatic rings. The summed E-state index contributed by atoms with van der Waals surface area (Å²) in [5.74, 6) is 4.76. The van der Waals surface area contributed by atoms with Gasteiger partial charge < -0.3 is 0 Å². The highest BCUT2D eigenvalue weighted by atomic mass is 14.5. The summed E-state index contributed by atoms with van der Waals surface area (Å²) in [4.78, 5) is 0. The van der Waals surface area contributed by atoms with Crippen LogP contribution in [0.2, 0.25) is 0 Å². The molecule has 0 radical (unpaired) electrons. The van der Waals surface area contributed by atoms with Crippen LogP contribution in [0.1, 0.15) is 49.1 Å². The molecule has 0 atom stereocenters. The lowest BCUT2D eigenvalue weighted by molar-refractivity contribution is -0.00277. The molecule has 0 N–H and O–H groups in total. The van der Waals surface area contributed by atoms with E-state index < -0.39 is 0 Å². The summed E-state index contributed by atoms with van der Waals surface area (Å²) >= 11 is 0. The van der Waals surface area contributed by atoms with Gasteiger partial charge in [0.25, 0.3) is 0 Å². The first-order valence-electron chi connectivity index (χ1n) is 7.33. The maximum atomic E-state index is 8.89. The van der Waals surface area contributed by atoms with E-state index in [0.29, 0.717) is 0 Å². The minimum Gasteiger partial charge on any atom is -0.192 e. The lowest BCUT2D eigenvalue weighted by Crippen LogP contribution is -2.43. The SMILES string of the molecule is N#Cc1ccc(C2C3CC4CC(C3)CC2C4)cc1. The molecule has 4 aliphatic carbocycles. The van der Waals surface area contributed by atoms with E-state index in [1.807, 2.05) is 12.1 Å². The molecule has 5 rings (SSSR count). The van der Waals surface area contributed by atoms with Crippen LogP contribution >= 0.6 is 0 Å². The lowest BCUT2D eigenvalue weighted by atomic mass is 9.51. The van der Waals surface area contributed by atoms with Gasteiger partial charge in [-0.05, 0) is 79.4 Å². The summed E-state index contributed by atoms with van der Waals surface area (Å²) in [7, 11) is 0. The molecular weight excluding hydrogens is 218 g/mol. The average Bonchev–Trinajstić information content (AvgIpc) is 2.38. The molecule has 1 nitrogen and oxygen atoms in total. The van der Waals surface area contributed by atoms with Crippen molar-refractivity contribution in [2.75, 3.05) is 0 Å². The smallest absolute Gasteiger partial charge is 0.0991 e. The second kappa shape index (κ2) is 3.85. The molecule has 0 saturated heterocycles. The van der Waals surface area contributed by atoms with E-state index in [4.69, 9.17) is 5.26 Å². The van der Waals surface area contributed by atoms with Crippen LogP contribution in [0, 0.1) is 35.0 Å². The van der Waals surface area contributed by atoms with Crippen LogP contribution in [-0.2, 0) is 0 Å². The van der Waals surface area contributed by atoms with Gasteiger partial charge in [-0.15, -0.1) is 0 Å². The predicted molar refractivity (Wildman–Crippen MR) is 70.9 cm³/mol. The highest BCUT2D eigenvalue weighted by molar-refractivity contribution is 5.34. The molecule has 92 valence electrons. The van der Waals surface area contributed by atoms with Crippen molar-refractivity contribution < 1.29 is 0 Å². The van der Waals surface area contributed by atoms with E-state index in [-0.39, 0.29) is 0 Å². The van der Waals surface area contributed by atoms with Crippen LogP contribution in [0.5, 0.6) is 0 Å². The summed E-state index contributed by atoms with van der Waals surface area (Å²) < 4.78 is 0. The zero-order valence-electron chi connectivity index (χ0n) is 10.7. The van der Waals surface area contributed by atoms with Crippen molar-refractivity contribution in [2.45, 2.75) is 38.0 Å². The van der Waals surface area contributed by atoms with Gasteiger partial charge in [0.05, 0.1) is 11.6 Å². The van der Waals surface area contributed by atoms with Crippen LogP contribution in [0.3, 0.4) is 0 Å². The van der Waals surface area contributed by atoms with Crippen LogP contribution < -0.4 is 0 Å². The van der Waals surface area contributed by atoms with Gasteiger partial charge in [-0.3, -0.25) is 0 Å². The molecule has 1 aromatic carbocycles. The Morgan fingerprint density at radius 1 is 0.833 bits per heavy atom. The molecule has 4 bridgehead atoms. The zero-order valence-corrected chi connectivity index (χ0v) is 10.7. The molecule has 4 saturated carbocycles. The molecule has 1 aromatic rings. The lowest BCUT2D eigenvalue weighted by Gasteiger charge is -2.54. The first-order valence-corrected chi connectivity index (χ1v) is 7.33. The van der Waals surface area contributed by atoms with Gasteiger partial charge in [0, 0.05) is 0 Å². The van der Waals surface area contributed by atoms with Crippen molar-refractivity contribution in [1.29, 1.82) is 5.26 Å². The van der Waals surface area contributed by atoms with Crippen molar-refractivity contribution in [3.63, 3.8) is 0 Å². The first kappa shape index (κ1) is 10.6. The number of hydrogen-bond acceptors (Lipinski definition) is 1. The fraction of sp³-hybridized carbons (Fsp3) is 0.588. The maximum absolute atomic E-state index is 8.89. The third kappa shape index (κ3) is 1.52. The second-order valence-corrected chi connectivity index (χ2v) is 6.69. The number of hydrogen-bond donors (Lipinski definition) is 0. The summed E-state index contributed by atoms with van der Waals surface area (Å²) in [6, 6.07) is 10.6. The van der Waals surface area contributed by atoms with E-state index in [9.17, 15) is 0 Å². The number of rotatable bonds is 1. The molecule has 1 heteroatoms. The monoisotopic (exact) mass is 237 g/mol. The van der Waals surface area contributed by atoms with Crippen molar-refractivity contribution in [3.05, 3.63) is 35.4 Å². The fourth-order valence-electron chi connectivity index (χ4n) is 5.25. The normalized spacial score (nSPS) is 40.7. The Morgan fingerprint density at radius 2 is 1.39 bits per heavy atom. The highest BCUT2D eigenvalue weighted by Gasteiger charge is 2.48. The van der Waals surface area contributed by atoms with E-state index in [1.165, 1.54) is 37.7 Å². The molecular formula is C17H19N. The largest absolute Gasteiger partial charge is 0.192 e. The minimum atomic E-state index is 0.794. The van der Waals surface area contributed by atoms with Gasteiger partial charge in [-0.25, -0.2) is 0 Å². The van der Waals surface area contributed by atoms with Crippen molar-refractivity contribution in [2.24, 2.45) is 23.7 Å². The van der Waals surface area contributed by atoms with Crippen LogP contribution in [0.4, 0.5) is 0 Å². The van der Waals surface area contributed by atoms with E-state index in [2.05, 4.69) is 18.2 Å². The van der Waals surface area contributed by atoms with Gasteiger partial charge in [0.1, 0.15) is 0 Å². The van der Waals surface area contributed by atoms with Crippen molar-refractivity contribution in [1.82, 2.24) is 0 Å². The van der Waals surface area contributed by atoms with Crippen molar-refractivity contribution >= 4 is 0 Å². The van der Waals surface area contributed by atoms with Gasteiger partial charge >= 0.3 is 0 Å². The molecule has 0 aliphatic heterocycles. The molecule has 0 amide bonds. The van der Waals surface area contributed by atoms with Crippen LogP contribution in [0.25, 0.3) is 0 Å². The maximum Gasteiger partial charge on any atom is 0.0991 e. The van der Waals surface area contributed by atoms with Gasteiger partial charge in [-0.2, -0.15) is 5.26 Å². The molecule has 18 heavy (non-hydrogen) atoms. The van der Waals surface area contributed by atoms with E-state index >= 15 is 0 Å². The van der Waals surface area contributed by atoms with Crippen molar-refractivity contribution in [3.8, 4) is 6.07 Å².